The zero-order valence-corrected chi connectivity index (χ0v) is 14.5. The van der Waals surface area contributed by atoms with Gasteiger partial charge in [0.1, 0.15) is 0 Å². The second kappa shape index (κ2) is 10.9. The van der Waals surface area contributed by atoms with Crippen molar-refractivity contribution in [2.45, 2.75) is 46.1 Å². The Morgan fingerprint density at radius 2 is 1.81 bits per heavy atom. The van der Waals surface area contributed by atoms with Crippen LogP contribution in [0.1, 0.15) is 40.0 Å². The van der Waals surface area contributed by atoms with Crippen LogP contribution in [-0.4, -0.2) is 74.7 Å². The van der Waals surface area contributed by atoms with E-state index in [9.17, 15) is 0 Å². The third-order valence-corrected chi connectivity index (χ3v) is 4.34. The van der Waals surface area contributed by atoms with Crippen LogP contribution >= 0.6 is 0 Å². The molecule has 0 aromatic carbocycles. The van der Waals surface area contributed by atoms with Crippen LogP contribution in [0.2, 0.25) is 0 Å². The van der Waals surface area contributed by atoms with Gasteiger partial charge in [-0.25, -0.2) is 0 Å². The fraction of sp³-hybridized carbons (Fsp3) is 0.938. The monoisotopic (exact) mass is 297 g/mol. The molecule has 0 amide bonds. The van der Waals surface area contributed by atoms with Crippen molar-refractivity contribution in [2.24, 2.45) is 4.99 Å². The molecule has 0 aromatic rings. The lowest BCUT2D eigenvalue weighted by molar-refractivity contribution is 0.107. The van der Waals surface area contributed by atoms with E-state index in [1.54, 1.807) is 0 Å². The molecule has 5 heteroatoms. The Hall–Kier alpha value is -0.810. The van der Waals surface area contributed by atoms with Crippen LogP contribution in [0.3, 0.4) is 0 Å². The number of likely N-dealkylation sites (N-methyl/N-ethyl adjacent to an activating group) is 1. The molecule has 0 saturated carbocycles. The van der Waals surface area contributed by atoms with Gasteiger partial charge in [-0.05, 0) is 19.9 Å². The van der Waals surface area contributed by atoms with E-state index in [1.807, 2.05) is 7.05 Å². The summed E-state index contributed by atoms with van der Waals surface area (Å²) in [5, 5.41) is 6.84. The SMILES string of the molecule is CCCCCNC(=NC)NCC(C)N1CCN(CC)CC1. The summed E-state index contributed by atoms with van der Waals surface area (Å²) in [7, 11) is 1.85. The number of rotatable bonds is 8. The Balaban J connectivity index is 2.20. The molecule has 1 atom stereocenters. The Bertz CT molecular complexity index is 284. The molecule has 0 aliphatic carbocycles. The summed E-state index contributed by atoms with van der Waals surface area (Å²) in [6.45, 7) is 14.7. The topological polar surface area (TPSA) is 42.9 Å². The average Bonchev–Trinajstić information content (AvgIpc) is 2.54. The molecule has 2 N–H and O–H groups in total. The minimum absolute atomic E-state index is 0.554. The van der Waals surface area contributed by atoms with Gasteiger partial charge in [0, 0.05) is 52.4 Å². The standard InChI is InChI=1S/C16H35N5/c1-5-7-8-9-18-16(17-4)19-14-15(3)21-12-10-20(6-2)11-13-21/h15H,5-14H2,1-4H3,(H2,17,18,19). The van der Waals surface area contributed by atoms with Gasteiger partial charge in [0.05, 0.1) is 0 Å². The molecule has 1 fully saturated rings. The van der Waals surface area contributed by atoms with Gasteiger partial charge in [0.25, 0.3) is 0 Å². The summed E-state index contributed by atoms with van der Waals surface area (Å²) in [6, 6.07) is 0.554. The van der Waals surface area contributed by atoms with Crippen LogP contribution in [0.25, 0.3) is 0 Å². The molecule has 0 radical (unpaired) electrons. The first-order valence-electron chi connectivity index (χ1n) is 8.62. The van der Waals surface area contributed by atoms with Crippen LogP contribution in [0.5, 0.6) is 0 Å². The van der Waals surface area contributed by atoms with E-state index in [1.165, 1.54) is 52.0 Å². The molecule has 1 aliphatic rings. The number of nitrogens with one attached hydrogen (secondary N) is 2. The predicted octanol–water partition coefficient (Wildman–Crippen LogP) is 1.37. The normalized spacial score (nSPS) is 19.5. The van der Waals surface area contributed by atoms with Crippen molar-refractivity contribution < 1.29 is 0 Å². The molecule has 21 heavy (non-hydrogen) atoms. The van der Waals surface area contributed by atoms with E-state index in [2.05, 4.69) is 46.2 Å². The largest absolute Gasteiger partial charge is 0.356 e. The van der Waals surface area contributed by atoms with E-state index < -0.39 is 0 Å². The lowest BCUT2D eigenvalue weighted by Gasteiger charge is -2.37. The molecule has 124 valence electrons. The summed E-state index contributed by atoms with van der Waals surface area (Å²) in [4.78, 5) is 9.39. The van der Waals surface area contributed by atoms with Crippen molar-refractivity contribution in [1.82, 2.24) is 20.4 Å². The fourth-order valence-electron chi connectivity index (χ4n) is 2.70. The van der Waals surface area contributed by atoms with Gasteiger partial charge in [-0.3, -0.25) is 9.89 Å². The third-order valence-electron chi connectivity index (χ3n) is 4.34. The highest BCUT2D eigenvalue weighted by atomic mass is 15.3. The van der Waals surface area contributed by atoms with E-state index >= 15 is 0 Å². The molecule has 0 aromatic heterocycles. The van der Waals surface area contributed by atoms with Gasteiger partial charge >= 0.3 is 0 Å². The van der Waals surface area contributed by atoms with E-state index in [0.717, 1.165) is 19.0 Å². The lowest BCUT2D eigenvalue weighted by atomic mass is 10.2. The highest BCUT2D eigenvalue weighted by molar-refractivity contribution is 5.79. The van der Waals surface area contributed by atoms with E-state index in [0.29, 0.717) is 6.04 Å². The van der Waals surface area contributed by atoms with Gasteiger partial charge in [-0.2, -0.15) is 0 Å². The van der Waals surface area contributed by atoms with Crippen LogP contribution in [0, 0.1) is 0 Å². The number of hydrogen-bond donors (Lipinski definition) is 2. The van der Waals surface area contributed by atoms with Crippen LogP contribution in [0.15, 0.2) is 4.99 Å². The van der Waals surface area contributed by atoms with Crippen molar-refractivity contribution >= 4 is 5.96 Å². The first kappa shape index (κ1) is 18.2. The van der Waals surface area contributed by atoms with Crippen molar-refractivity contribution in [2.75, 3.05) is 52.9 Å². The highest BCUT2D eigenvalue weighted by Crippen LogP contribution is 2.05. The number of hydrogen-bond acceptors (Lipinski definition) is 3. The van der Waals surface area contributed by atoms with Crippen molar-refractivity contribution in [1.29, 1.82) is 0 Å². The molecule has 1 unspecified atom stereocenters. The van der Waals surface area contributed by atoms with Crippen molar-refractivity contribution in [3.8, 4) is 0 Å². The maximum absolute atomic E-state index is 4.30. The Morgan fingerprint density at radius 1 is 1.10 bits per heavy atom. The molecule has 5 nitrogen and oxygen atoms in total. The summed E-state index contributed by atoms with van der Waals surface area (Å²) < 4.78 is 0. The summed E-state index contributed by atoms with van der Waals surface area (Å²) >= 11 is 0. The fourth-order valence-corrected chi connectivity index (χ4v) is 2.70. The second-order valence-corrected chi connectivity index (χ2v) is 5.91. The molecule has 0 spiro atoms. The number of piperazine rings is 1. The van der Waals surface area contributed by atoms with Gasteiger partial charge in [0.2, 0.25) is 0 Å². The summed E-state index contributed by atoms with van der Waals surface area (Å²) in [6.07, 6.45) is 3.75. The van der Waals surface area contributed by atoms with Gasteiger partial charge in [-0.1, -0.05) is 26.7 Å². The second-order valence-electron chi connectivity index (χ2n) is 5.91. The molecular weight excluding hydrogens is 262 g/mol. The molecule has 1 saturated heterocycles. The van der Waals surface area contributed by atoms with Crippen molar-refractivity contribution in [3.05, 3.63) is 0 Å². The molecule has 0 bridgehead atoms. The molecule has 1 aliphatic heterocycles. The first-order chi connectivity index (χ1) is 10.2. The van der Waals surface area contributed by atoms with Crippen molar-refractivity contribution in [3.63, 3.8) is 0 Å². The van der Waals surface area contributed by atoms with Crippen LogP contribution in [-0.2, 0) is 0 Å². The van der Waals surface area contributed by atoms with Gasteiger partial charge in [0.15, 0.2) is 5.96 Å². The zero-order chi connectivity index (χ0) is 15.5. The number of aliphatic imine (C=N–C) groups is 1. The molecule has 1 heterocycles. The number of unbranched alkanes of at least 4 members (excludes halogenated alkanes) is 2. The Kier molecular flexibility index (Phi) is 9.42. The molecule has 1 rings (SSSR count). The van der Waals surface area contributed by atoms with Gasteiger partial charge in [-0.15, -0.1) is 0 Å². The van der Waals surface area contributed by atoms with E-state index in [4.69, 9.17) is 0 Å². The van der Waals surface area contributed by atoms with Crippen LogP contribution < -0.4 is 10.6 Å². The maximum atomic E-state index is 4.30. The van der Waals surface area contributed by atoms with Gasteiger partial charge < -0.3 is 15.5 Å². The minimum Gasteiger partial charge on any atom is -0.356 e. The smallest absolute Gasteiger partial charge is 0.191 e. The zero-order valence-electron chi connectivity index (χ0n) is 14.5. The number of guanidine groups is 1. The minimum atomic E-state index is 0.554. The Morgan fingerprint density at radius 3 is 2.38 bits per heavy atom. The third kappa shape index (κ3) is 7.14. The Labute approximate surface area is 131 Å². The quantitative estimate of drug-likeness (QED) is 0.403. The van der Waals surface area contributed by atoms with Crippen LogP contribution in [0.4, 0.5) is 0 Å². The molecular formula is C16H35N5. The highest BCUT2D eigenvalue weighted by Gasteiger charge is 2.19. The lowest BCUT2D eigenvalue weighted by Crippen LogP contribution is -2.53. The number of nitrogens with zero attached hydrogens (tertiary/aromatic N) is 3. The maximum Gasteiger partial charge on any atom is 0.191 e. The first-order valence-corrected chi connectivity index (χ1v) is 8.62. The summed E-state index contributed by atoms with van der Waals surface area (Å²) in [5.41, 5.74) is 0. The predicted molar refractivity (Wildman–Crippen MR) is 92.0 cm³/mol. The van der Waals surface area contributed by atoms with E-state index in [-0.39, 0.29) is 0 Å². The average molecular weight is 297 g/mol. The summed E-state index contributed by atoms with van der Waals surface area (Å²) in [5.74, 6) is 0.935.